The van der Waals surface area contributed by atoms with E-state index in [0.717, 1.165) is 24.9 Å². The van der Waals surface area contributed by atoms with Gasteiger partial charge in [-0.3, -0.25) is 4.79 Å². The largest absolute Gasteiger partial charge is 0.350 e. The number of amides is 1. The van der Waals surface area contributed by atoms with Gasteiger partial charge in [-0.15, -0.1) is 12.4 Å². The molecule has 112 valence electrons. The first kappa shape index (κ1) is 17.6. The lowest BCUT2D eigenvalue weighted by Crippen LogP contribution is -2.33. The topological polar surface area (TPSA) is 41.1 Å². The van der Waals surface area contributed by atoms with Crippen molar-refractivity contribution in [1.29, 1.82) is 0 Å². The van der Waals surface area contributed by atoms with E-state index in [4.69, 9.17) is 23.2 Å². The number of hydrogen-bond acceptors (Lipinski definition) is 2. The molecule has 1 aromatic rings. The van der Waals surface area contributed by atoms with Crippen LogP contribution in [-0.4, -0.2) is 18.5 Å². The van der Waals surface area contributed by atoms with Crippen molar-refractivity contribution in [3.8, 4) is 0 Å². The number of carbonyl (C=O) groups is 1. The Hall–Kier alpha value is -0.480. The van der Waals surface area contributed by atoms with Crippen LogP contribution in [0.4, 0.5) is 0 Å². The number of halogens is 3. The molecule has 1 aliphatic heterocycles. The Labute approximate surface area is 135 Å². The number of benzene rings is 1. The molecule has 1 aliphatic rings. The third-order valence-corrected chi connectivity index (χ3v) is 4.15. The second-order valence-corrected chi connectivity index (χ2v) is 5.77. The maximum absolute atomic E-state index is 11.9. The summed E-state index contributed by atoms with van der Waals surface area (Å²) in [5.41, 5.74) is 0.960. The van der Waals surface area contributed by atoms with E-state index in [0.29, 0.717) is 22.5 Å². The maximum Gasteiger partial charge on any atom is 0.222 e. The molecule has 2 rings (SSSR count). The van der Waals surface area contributed by atoms with Crippen LogP contribution in [0.25, 0.3) is 0 Å². The maximum atomic E-state index is 11.9. The average molecular weight is 338 g/mol. The molecule has 1 aromatic carbocycles. The number of nitrogens with one attached hydrogen (secondary N) is 2. The Balaban J connectivity index is 0.00000200. The van der Waals surface area contributed by atoms with Gasteiger partial charge in [-0.25, -0.2) is 0 Å². The highest BCUT2D eigenvalue weighted by Crippen LogP contribution is 2.25. The van der Waals surface area contributed by atoms with Crippen molar-refractivity contribution in [3.63, 3.8) is 0 Å². The van der Waals surface area contributed by atoms with E-state index in [9.17, 15) is 4.79 Å². The zero-order valence-electron chi connectivity index (χ0n) is 11.3. The summed E-state index contributed by atoms with van der Waals surface area (Å²) in [6.07, 6.45) is 2.76. The standard InChI is InChI=1S/C14H18Cl2N2O.ClH/c1-9(10-4-5-12(15)13(16)7-10)18-14(19)8-11-3-2-6-17-11;/h4-5,7,9,11,17H,2-3,6,8H2,1H3,(H,18,19);1H. The lowest BCUT2D eigenvalue weighted by molar-refractivity contribution is -0.122. The summed E-state index contributed by atoms with van der Waals surface area (Å²) >= 11 is 11.9. The summed E-state index contributed by atoms with van der Waals surface area (Å²) in [6, 6.07) is 5.68. The number of hydrogen-bond donors (Lipinski definition) is 2. The van der Waals surface area contributed by atoms with Gasteiger partial charge < -0.3 is 10.6 Å². The Kier molecular flexibility index (Phi) is 7.10. The molecule has 0 aromatic heterocycles. The highest BCUT2D eigenvalue weighted by molar-refractivity contribution is 6.42. The Morgan fingerprint density at radius 1 is 1.45 bits per heavy atom. The minimum Gasteiger partial charge on any atom is -0.350 e. The lowest BCUT2D eigenvalue weighted by Gasteiger charge is -2.17. The quantitative estimate of drug-likeness (QED) is 0.879. The summed E-state index contributed by atoms with van der Waals surface area (Å²) < 4.78 is 0. The summed E-state index contributed by atoms with van der Waals surface area (Å²) in [5.74, 6) is 0.0676. The number of carbonyl (C=O) groups excluding carboxylic acids is 1. The Morgan fingerprint density at radius 3 is 2.80 bits per heavy atom. The van der Waals surface area contributed by atoms with Crippen molar-refractivity contribution in [2.75, 3.05) is 6.54 Å². The first-order valence-corrected chi connectivity index (χ1v) is 7.29. The van der Waals surface area contributed by atoms with Crippen molar-refractivity contribution in [2.24, 2.45) is 0 Å². The van der Waals surface area contributed by atoms with Crippen LogP contribution < -0.4 is 10.6 Å². The monoisotopic (exact) mass is 336 g/mol. The molecule has 2 N–H and O–H groups in total. The normalized spacial score (nSPS) is 19.2. The smallest absolute Gasteiger partial charge is 0.222 e. The van der Waals surface area contributed by atoms with E-state index in [1.54, 1.807) is 12.1 Å². The van der Waals surface area contributed by atoms with Crippen LogP contribution in [-0.2, 0) is 4.79 Å². The van der Waals surface area contributed by atoms with Crippen LogP contribution in [0.3, 0.4) is 0 Å². The van der Waals surface area contributed by atoms with Gasteiger partial charge in [0, 0.05) is 12.5 Å². The molecule has 0 bridgehead atoms. The van der Waals surface area contributed by atoms with Crippen LogP contribution in [0.5, 0.6) is 0 Å². The third-order valence-electron chi connectivity index (χ3n) is 3.42. The molecule has 1 amide bonds. The predicted octanol–water partition coefficient (Wildman–Crippen LogP) is 3.73. The van der Waals surface area contributed by atoms with Gasteiger partial charge in [-0.2, -0.15) is 0 Å². The van der Waals surface area contributed by atoms with Crippen LogP contribution in [0.1, 0.15) is 37.8 Å². The van der Waals surface area contributed by atoms with Crippen LogP contribution in [0, 0.1) is 0 Å². The van der Waals surface area contributed by atoms with Gasteiger partial charge in [-0.1, -0.05) is 29.3 Å². The molecule has 6 heteroatoms. The first-order chi connectivity index (χ1) is 9.06. The molecule has 1 fully saturated rings. The summed E-state index contributed by atoms with van der Waals surface area (Å²) in [7, 11) is 0. The lowest BCUT2D eigenvalue weighted by atomic mass is 10.1. The molecule has 3 nitrogen and oxygen atoms in total. The van der Waals surface area contributed by atoms with Gasteiger partial charge in [0.05, 0.1) is 16.1 Å². The second kappa shape index (κ2) is 8.08. The molecule has 1 heterocycles. The van der Waals surface area contributed by atoms with Gasteiger partial charge in [0.15, 0.2) is 0 Å². The second-order valence-electron chi connectivity index (χ2n) is 4.96. The van der Waals surface area contributed by atoms with E-state index >= 15 is 0 Å². The molecule has 0 radical (unpaired) electrons. The van der Waals surface area contributed by atoms with Crippen molar-refractivity contribution < 1.29 is 4.79 Å². The average Bonchev–Trinajstić information content (AvgIpc) is 2.85. The fourth-order valence-corrected chi connectivity index (χ4v) is 2.63. The fourth-order valence-electron chi connectivity index (χ4n) is 2.32. The van der Waals surface area contributed by atoms with Gasteiger partial charge in [-0.05, 0) is 44.0 Å². The zero-order chi connectivity index (χ0) is 13.8. The molecule has 2 atom stereocenters. The molecule has 1 saturated heterocycles. The molecule has 0 spiro atoms. The summed E-state index contributed by atoms with van der Waals surface area (Å²) in [4.78, 5) is 11.9. The van der Waals surface area contributed by atoms with Gasteiger partial charge >= 0.3 is 0 Å². The van der Waals surface area contributed by atoms with Gasteiger partial charge in [0.25, 0.3) is 0 Å². The van der Waals surface area contributed by atoms with E-state index in [-0.39, 0.29) is 24.4 Å². The number of rotatable bonds is 4. The van der Waals surface area contributed by atoms with Crippen molar-refractivity contribution in [3.05, 3.63) is 33.8 Å². The van der Waals surface area contributed by atoms with Gasteiger partial charge in [0.2, 0.25) is 5.91 Å². The molecule has 0 aliphatic carbocycles. The highest BCUT2D eigenvalue weighted by Gasteiger charge is 2.19. The van der Waals surface area contributed by atoms with Crippen molar-refractivity contribution in [1.82, 2.24) is 10.6 Å². The van der Waals surface area contributed by atoms with Crippen LogP contribution in [0.15, 0.2) is 18.2 Å². The molecular weight excluding hydrogens is 319 g/mol. The highest BCUT2D eigenvalue weighted by atomic mass is 35.5. The predicted molar refractivity (Wildman–Crippen MR) is 85.9 cm³/mol. The third kappa shape index (κ3) is 4.81. The molecule has 0 saturated carbocycles. The van der Waals surface area contributed by atoms with Crippen molar-refractivity contribution >= 4 is 41.5 Å². The van der Waals surface area contributed by atoms with Gasteiger partial charge in [0.1, 0.15) is 0 Å². The van der Waals surface area contributed by atoms with E-state index in [1.165, 1.54) is 0 Å². The zero-order valence-corrected chi connectivity index (χ0v) is 13.6. The van der Waals surface area contributed by atoms with E-state index in [1.807, 2.05) is 13.0 Å². The van der Waals surface area contributed by atoms with Crippen LogP contribution in [0.2, 0.25) is 10.0 Å². The fraction of sp³-hybridized carbons (Fsp3) is 0.500. The molecule has 2 unspecified atom stereocenters. The van der Waals surface area contributed by atoms with E-state index < -0.39 is 0 Å². The van der Waals surface area contributed by atoms with Crippen LogP contribution >= 0.6 is 35.6 Å². The Morgan fingerprint density at radius 2 is 2.20 bits per heavy atom. The Bertz CT molecular complexity index is 462. The van der Waals surface area contributed by atoms with E-state index in [2.05, 4.69) is 10.6 Å². The first-order valence-electron chi connectivity index (χ1n) is 6.54. The summed E-state index contributed by atoms with van der Waals surface area (Å²) in [6.45, 7) is 2.96. The summed E-state index contributed by atoms with van der Waals surface area (Å²) in [5, 5.41) is 7.35. The molecular formula is C14H19Cl3N2O. The molecule has 20 heavy (non-hydrogen) atoms. The minimum atomic E-state index is -0.0660. The van der Waals surface area contributed by atoms with Crippen molar-refractivity contribution in [2.45, 2.75) is 38.3 Å². The SMILES string of the molecule is CC(NC(=O)CC1CCCN1)c1ccc(Cl)c(Cl)c1.Cl. The minimum absolute atomic E-state index is 0.